The van der Waals surface area contributed by atoms with Gasteiger partial charge in [0.1, 0.15) is 19.3 Å². The standard InChI is InChI=1S/C63H122O17P2/c1-6-9-12-15-17-19-20-21-22-23-24-25-26-29-34-39-44-49-63(68)80-59(53-74-61(66)47-42-37-33-30-27-28-31-36-40-45-56(4)5)55-78-82(71,72)76-51-57(64)50-75-81(69,70)77-54-58(52-73-60(65)46-41-35-14-11-8-3)79-62(67)48-43-38-32-18-16-13-10-7-2/h56-59,64H,6-55H2,1-5H3,(H,69,70)(H,71,72)/t57-,58+,59+/m0/s1. The van der Waals surface area contributed by atoms with Gasteiger partial charge >= 0.3 is 39.5 Å². The lowest BCUT2D eigenvalue weighted by atomic mass is 10.0. The predicted molar refractivity (Wildman–Crippen MR) is 326 cm³/mol. The molecule has 0 aromatic heterocycles. The summed E-state index contributed by atoms with van der Waals surface area (Å²) >= 11 is 0. The average molecular weight is 1210 g/mol. The van der Waals surface area contributed by atoms with Gasteiger partial charge in [-0.05, 0) is 31.6 Å². The number of aliphatic hydroxyl groups is 1. The Balaban J connectivity index is 5.14. The van der Waals surface area contributed by atoms with Crippen molar-refractivity contribution in [2.45, 2.75) is 335 Å². The Morgan fingerprint density at radius 2 is 0.561 bits per heavy atom. The van der Waals surface area contributed by atoms with Crippen LogP contribution in [0, 0.1) is 5.92 Å². The monoisotopic (exact) mass is 1210 g/mol. The second-order valence-electron chi connectivity index (χ2n) is 23.3. The van der Waals surface area contributed by atoms with Gasteiger partial charge in [0.15, 0.2) is 12.2 Å². The minimum Gasteiger partial charge on any atom is -0.462 e. The summed E-state index contributed by atoms with van der Waals surface area (Å²) in [6, 6.07) is 0. The van der Waals surface area contributed by atoms with Crippen LogP contribution in [0.5, 0.6) is 0 Å². The Morgan fingerprint density at radius 3 is 0.829 bits per heavy atom. The number of ether oxygens (including phenoxy) is 4. The summed E-state index contributed by atoms with van der Waals surface area (Å²) in [6.07, 6.45) is 40.8. The molecule has 0 aromatic rings. The van der Waals surface area contributed by atoms with Crippen molar-refractivity contribution in [3.05, 3.63) is 0 Å². The van der Waals surface area contributed by atoms with Crippen LogP contribution in [0.25, 0.3) is 0 Å². The minimum absolute atomic E-state index is 0.104. The van der Waals surface area contributed by atoms with Crippen LogP contribution in [0.3, 0.4) is 0 Å². The van der Waals surface area contributed by atoms with Gasteiger partial charge in [-0.15, -0.1) is 0 Å². The maximum absolute atomic E-state index is 13.0. The van der Waals surface area contributed by atoms with E-state index in [0.29, 0.717) is 25.7 Å². The van der Waals surface area contributed by atoms with Crippen molar-refractivity contribution >= 4 is 39.5 Å². The van der Waals surface area contributed by atoms with Crippen LogP contribution in [0.15, 0.2) is 0 Å². The summed E-state index contributed by atoms with van der Waals surface area (Å²) in [6.45, 7) is 7.06. The number of hydrogen-bond donors (Lipinski definition) is 3. The van der Waals surface area contributed by atoms with Gasteiger partial charge in [0.2, 0.25) is 0 Å². The second-order valence-corrected chi connectivity index (χ2v) is 26.2. The number of phosphoric acid groups is 2. The molecular formula is C63H122O17P2. The van der Waals surface area contributed by atoms with E-state index in [9.17, 15) is 43.2 Å². The molecule has 0 aliphatic rings. The van der Waals surface area contributed by atoms with Crippen molar-refractivity contribution in [2.24, 2.45) is 5.92 Å². The zero-order valence-electron chi connectivity index (χ0n) is 52.6. The minimum atomic E-state index is -4.94. The normalized spacial score (nSPS) is 14.3. The van der Waals surface area contributed by atoms with Crippen LogP contribution < -0.4 is 0 Å². The third-order valence-electron chi connectivity index (χ3n) is 14.5. The molecule has 0 amide bonds. The van der Waals surface area contributed by atoms with Gasteiger partial charge in [-0.3, -0.25) is 37.3 Å². The predicted octanol–water partition coefficient (Wildman–Crippen LogP) is 17.4. The number of carbonyl (C=O) groups excluding carboxylic acids is 4. The molecule has 0 bridgehead atoms. The van der Waals surface area contributed by atoms with Crippen molar-refractivity contribution in [1.29, 1.82) is 0 Å². The highest BCUT2D eigenvalue weighted by atomic mass is 31.2. The molecule has 0 aliphatic heterocycles. The summed E-state index contributed by atoms with van der Waals surface area (Å²) in [5.41, 5.74) is 0. The molecule has 17 nitrogen and oxygen atoms in total. The first-order valence-corrected chi connectivity index (χ1v) is 36.1. The zero-order chi connectivity index (χ0) is 60.6. The molecule has 0 saturated carbocycles. The third kappa shape index (κ3) is 57.2. The van der Waals surface area contributed by atoms with E-state index in [2.05, 4.69) is 34.6 Å². The Bertz CT molecular complexity index is 1600. The Morgan fingerprint density at radius 1 is 0.329 bits per heavy atom. The van der Waals surface area contributed by atoms with Crippen molar-refractivity contribution < 1.29 is 80.2 Å². The van der Waals surface area contributed by atoms with Crippen molar-refractivity contribution in [3.63, 3.8) is 0 Å². The molecule has 486 valence electrons. The molecule has 0 aliphatic carbocycles. The fourth-order valence-corrected chi connectivity index (χ4v) is 11.0. The fraction of sp³-hybridized carbons (Fsp3) is 0.937. The van der Waals surface area contributed by atoms with Gasteiger partial charge in [-0.1, -0.05) is 266 Å². The first-order chi connectivity index (χ1) is 39.5. The summed E-state index contributed by atoms with van der Waals surface area (Å²) in [4.78, 5) is 71.8. The lowest BCUT2D eigenvalue weighted by Crippen LogP contribution is -2.30. The number of hydrogen-bond acceptors (Lipinski definition) is 15. The second kappa shape index (κ2) is 56.8. The highest BCUT2D eigenvalue weighted by Crippen LogP contribution is 2.45. The molecule has 0 aromatic carbocycles. The van der Waals surface area contributed by atoms with Crippen LogP contribution in [-0.4, -0.2) is 96.7 Å². The van der Waals surface area contributed by atoms with E-state index in [1.165, 1.54) is 128 Å². The lowest BCUT2D eigenvalue weighted by molar-refractivity contribution is -0.161. The summed E-state index contributed by atoms with van der Waals surface area (Å²) in [7, 11) is -9.87. The molecule has 2 unspecified atom stereocenters. The highest BCUT2D eigenvalue weighted by Gasteiger charge is 2.30. The van der Waals surface area contributed by atoms with Crippen LogP contribution >= 0.6 is 15.6 Å². The van der Waals surface area contributed by atoms with Crippen LogP contribution in [0.1, 0.15) is 317 Å². The first-order valence-electron chi connectivity index (χ1n) is 33.1. The smallest absolute Gasteiger partial charge is 0.462 e. The quantitative estimate of drug-likeness (QED) is 0.0222. The maximum atomic E-state index is 13.0. The van der Waals surface area contributed by atoms with Gasteiger partial charge in [-0.25, -0.2) is 9.13 Å². The molecule has 82 heavy (non-hydrogen) atoms. The summed E-state index contributed by atoms with van der Waals surface area (Å²) in [5.74, 6) is -1.40. The molecule has 3 N–H and O–H groups in total. The Kier molecular flexibility index (Phi) is 55.5. The number of phosphoric ester groups is 2. The number of rotatable bonds is 63. The van der Waals surface area contributed by atoms with E-state index in [0.717, 1.165) is 109 Å². The van der Waals surface area contributed by atoms with Crippen molar-refractivity contribution in [1.82, 2.24) is 0 Å². The number of esters is 4. The maximum Gasteiger partial charge on any atom is 0.472 e. The molecule has 0 radical (unpaired) electrons. The van der Waals surface area contributed by atoms with Crippen LogP contribution in [0.4, 0.5) is 0 Å². The molecule has 0 spiro atoms. The van der Waals surface area contributed by atoms with Crippen LogP contribution in [0.2, 0.25) is 0 Å². The van der Waals surface area contributed by atoms with Gasteiger partial charge in [0.25, 0.3) is 0 Å². The third-order valence-corrected chi connectivity index (χ3v) is 16.4. The lowest BCUT2D eigenvalue weighted by Gasteiger charge is -2.21. The largest absolute Gasteiger partial charge is 0.472 e. The molecular weight excluding hydrogens is 1090 g/mol. The topological polar surface area (TPSA) is 237 Å². The number of unbranched alkanes of at least 4 members (excludes halogenated alkanes) is 35. The molecule has 5 atom stereocenters. The van der Waals surface area contributed by atoms with E-state index in [4.69, 9.17) is 37.0 Å². The molecule has 0 saturated heterocycles. The molecule has 0 heterocycles. The Labute approximate surface area is 498 Å². The SMILES string of the molecule is CCCCCCCCCCCCCCCCCCCC(=O)O[C@H](COC(=O)CCCCCCCCCCCC(C)C)COP(=O)(O)OC[C@@H](O)COP(=O)(O)OC[C@@H](COC(=O)CCCCCCC)OC(=O)CCCCCCCCCC. The van der Waals surface area contributed by atoms with Gasteiger partial charge in [0.05, 0.1) is 26.4 Å². The summed E-state index contributed by atoms with van der Waals surface area (Å²) < 4.78 is 67.7. The summed E-state index contributed by atoms with van der Waals surface area (Å²) in [5, 5.41) is 10.5. The van der Waals surface area contributed by atoms with Gasteiger partial charge < -0.3 is 33.8 Å². The fourth-order valence-electron chi connectivity index (χ4n) is 9.41. The van der Waals surface area contributed by atoms with E-state index in [1.807, 2.05) is 0 Å². The average Bonchev–Trinajstić information content (AvgIpc) is 3.48. The van der Waals surface area contributed by atoms with Crippen molar-refractivity contribution in [3.8, 4) is 0 Å². The van der Waals surface area contributed by atoms with E-state index >= 15 is 0 Å². The molecule has 0 rings (SSSR count). The van der Waals surface area contributed by atoms with E-state index in [-0.39, 0.29) is 25.7 Å². The highest BCUT2D eigenvalue weighted by molar-refractivity contribution is 7.47. The van der Waals surface area contributed by atoms with Crippen LogP contribution in [-0.2, 0) is 65.4 Å². The molecule has 19 heteroatoms. The van der Waals surface area contributed by atoms with Gasteiger partial charge in [0, 0.05) is 25.7 Å². The first kappa shape index (κ1) is 80.1. The number of carbonyl (C=O) groups is 4. The van der Waals surface area contributed by atoms with E-state index < -0.39 is 97.5 Å². The van der Waals surface area contributed by atoms with Crippen molar-refractivity contribution in [2.75, 3.05) is 39.6 Å². The molecule has 0 fully saturated rings. The van der Waals surface area contributed by atoms with E-state index in [1.54, 1.807) is 0 Å². The van der Waals surface area contributed by atoms with Gasteiger partial charge in [-0.2, -0.15) is 0 Å². The Hall–Kier alpha value is -1.94. The zero-order valence-corrected chi connectivity index (χ0v) is 54.4. The number of aliphatic hydroxyl groups excluding tert-OH is 1.